The molecule has 0 spiro atoms. The number of aryl methyl sites for hydroxylation is 2. The lowest BCUT2D eigenvalue weighted by Crippen LogP contribution is -2.25. The second-order valence-corrected chi connectivity index (χ2v) is 5.23. The first-order valence-electron chi connectivity index (χ1n) is 6.52. The SMILES string of the molecule is Cc1cccc(C)c1[C@@H](N)C1CCCCC1.Cl. The summed E-state index contributed by atoms with van der Waals surface area (Å²) in [4.78, 5) is 0. The summed E-state index contributed by atoms with van der Waals surface area (Å²) in [7, 11) is 0. The topological polar surface area (TPSA) is 26.0 Å². The van der Waals surface area contributed by atoms with Crippen molar-refractivity contribution in [2.45, 2.75) is 52.0 Å². The number of benzene rings is 1. The van der Waals surface area contributed by atoms with Crippen LogP contribution in [0.15, 0.2) is 18.2 Å². The molecule has 0 unspecified atom stereocenters. The first kappa shape index (κ1) is 14.5. The average molecular weight is 254 g/mol. The Morgan fingerprint density at radius 1 is 1.06 bits per heavy atom. The molecule has 1 aromatic carbocycles. The molecule has 2 rings (SSSR count). The summed E-state index contributed by atoms with van der Waals surface area (Å²) in [5, 5.41) is 0. The van der Waals surface area contributed by atoms with E-state index in [0.717, 1.165) is 0 Å². The van der Waals surface area contributed by atoms with Crippen LogP contribution in [0.5, 0.6) is 0 Å². The Kier molecular flexibility index (Phi) is 5.48. The van der Waals surface area contributed by atoms with E-state index in [2.05, 4.69) is 32.0 Å². The molecule has 0 amide bonds. The minimum Gasteiger partial charge on any atom is -0.324 e. The Bertz CT molecular complexity index is 336. The number of nitrogens with two attached hydrogens (primary N) is 1. The molecule has 1 saturated carbocycles. The molecule has 96 valence electrons. The van der Waals surface area contributed by atoms with Crippen molar-refractivity contribution in [1.29, 1.82) is 0 Å². The van der Waals surface area contributed by atoms with Crippen molar-refractivity contribution in [1.82, 2.24) is 0 Å². The van der Waals surface area contributed by atoms with Gasteiger partial charge in [0.15, 0.2) is 0 Å². The highest BCUT2D eigenvalue weighted by Gasteiger charge is 2.23. The van der Waals surface area contributed by atoms with Crippen LogP contribution in [0, 0.1) is 19.8 Å². The molecule has 1 aliphatic rings. The molecule has 1 aliphatic carbocycles. The van der Waals surface area contributed by atoms with Gasteiger partial charge in [-0.1, -0.05) is 37.5 Å². The molecule has 0 radical (unpaired) electrons. The van der Waals surface area contributed by atoms with Gasteiger partial charge in [-0.2, -0.15) is 0 Å². The maximum Gasteiger partial charge on any atom is 0.0328 e. The van der Waals surface area contributed by atoms with Crippen LogP contribution in [-0.2, 0) is 0 Å². The summed E-state index contributed by atoms with van der Waals surface area (Å²) < 4.78 is 0. The maximum absolute atomic E-state index is 6.47. The predicted molar refractivity (Wildman–Crippen MR) is 76.7 cm³/mol. The van der Waals surface area contributed by atoms with E-state index >= 15 is 0 Å². The maximum atomic E-state index is 6.47. The molecule has 1 nitrogen and oxygen atoms in total. The minimum atomic E-state index is 0. The normalized spacial score (nSPS) is 18.5. The van der Waals surface area contributed by atoms with Gasteiger partial charge < -0.3 is 5.73 Å². The van der Waals surface area contributed by atoms with Crippen LogP contribution in [0.1, 0.15) is 54.8 Å². The summed E-state index contributed by atoms with van der Waals surface area (Å²) in [5.74, 6) is 0.702. The third-order valence-corrected chi connectivity index (χ3v) is 4.03. The van der Waals surface area contributed by atoms with Crippen LogP contribution >= 0.6 is 12.4 Å². The fraction of sp³-hybridized carbons (Fsp3) is 0.600. The molecule has 0 aromatic heterocycles. The van der Waals surface area contributed by atoms with E-state index in [1.54, 1.807) is 0 Å². The van der Waals surface area contributed by atoms with Gasteiger partial charge in [-0.3, -0.25) is 0 Å². The fourth-order valence-electron chi connectivity index (χ4n) is 3.08. The number of halogens is 1. The lowest BCUT2D eigenvalue weighted by Gasteiger charge is -2.29. The lowest BCUT2D eigenvalue weighted by molar-refractivity contribution is 0.307. The van der Waals surface area contributed by atoms with E-state index in [0.29, 0.717) is 5.92 Å². The Hall–Kier alpha value is -0.530. The van der Waals surface area contributed by atoms with Crippen molar-refractivity contribution < 1.29 is 0 Å². The smallest absolute Gasteiger partial charge is 0.0328 e. The zero-order chi connectivity index (χ0) is 11.5. The molecular weight excluding hydrogens is 230 g/mol. The highest BCUT2D eigenvalue weighted by molar-refractivity contribution is 5.85. The van der Waals surface area contributed by atoms with Crippen LogP contribution in [0.25, 0.3) is 0 Å². The standard InChI is InChI=1S/C15H23N.ClH/c1-11-7-6-8-12(2)14(11)15(16)13-9-4-3-5-10-13;/h6-8,13,15H,3-5,9-10,16H2,1-2H3;1H/t15-;/m0./s1. The van der Waals surface area contributed by atoms with Crippen molar-refractivity contribution in [3.8, 4) is 0 Å². The van der Waals surface area contributed by atoms with Gasteiger partial charge in [0.25, 0.3) is 0 Å². The minimum absolute atomic E-state index is 0. The van der Waals surface area contributed by atoms with Crippen molar-refractivity contribution in [2.24, 2.45) is 11.7 Å². The number of hydrogen-bond acceptors (Lipinski definition) is 1. The Labute approximate surface area is 111 Å². The highest BCUT2D eigenvalue weighted by Crippen LogP contribution is 2.35. The molecule has 0 heterocycles. The highest BCUT2D eigenvalue weighted by atomic mass is 35.5. The molecule has 0 bridgehead atoms. The molecule has 0 aliphatic heterocycles. The van der Waals surface area contributed by atoms with Gasteiger partial charge in [0.2, 0.25) is 0 Å². The molecule has 0 saturated heterocycles. The Morgan fingerprint density at radius 3 is 2.12 bits per heavy atom. The van der Waals surface area contributed by atoms with E-state index < -0.39 is 0 Å². The van der Waals surface area contributed by atoms with Crippen molar-refractivity contribution >= 4 is 12.4 Å². The number of rotatable bonds is 2. The van der Waals surface area contributed by atoms with Crippen molar-refractivity contribution in [3.63, 3.8) is 0 Å². The second kappa shape index (κ2) is 6.42. The zero-order valence-corrected chi connectivity index (χ0v) is 11.7. The molecule has 1 aromatic rings. The van der Waals surface area contributed by atoms with Gasteiger partial charge in [0.05, 0.1) is 0 Å². The predicted octanol–water partition coefficient (Wildman–Crippen LogP) is 4.31. The second-order valence-electron chi connectivity index (χ2n) is 5.23. The molecular formula is C15H24ClN. The van der Waals surface area contributed by atoms with Gasteiger partial charge >= 0.3 is 0 Å². The molecule has 17 heavy (non-hydrogen) atoms. The van der Waals surface area contributed by atoms with Crippen LogP contribution in [0.3, 0.4) is 0 Å². The molecule has 1 fully saturated rings. The van der Waals surface area contributed by atoms with Gasteiger partial charge in [0.1, 0.15) is 0 Å². The van der Waals surface area contributed by atoms with Crippen LogP contribution in [0.4, 0.5) is 0 Å². The van der Waals surface area contributed by atoms with Crippen LogP contribution < -0.4 is 5.73 Å². The lowest BCUT2D eigenvalue weighted by atomic mass is 9.79. The van der Waals surface area contributed by atoms with E-state index in [-0.39, 0.29) is 18.4 Å². The largest absolute Gasteiger partial charge is 0.324 e. The van der Waals surface area contributed by atoms with Gasteiger partial charge in [-0.05, 0) is 49.3 Å². The molecule has 2 heteroatoms. The van der Waals surface area contributed by atoms with E-state index in [9.17, 15) is 0 Å². The van der Waals surface area contributed by atoms with E-state index in [1.165, 1.54) is 48.8 Å². The van der Waals surface area contributed by atoms with Gasteiger partial charge in [-0.15, -0.1) is 12.4 Å². The average Bonchev–Trinajstić information content (AvgIpc) is 2.30. The molecule has 2 N–H and O–H groups in total. The summed E-state index contributed by atoms with van der Waals surface area (Å²) >= 11 is 0. The zero-order valence-electron chi connectivity index (χ0n) is 10.9. The van der Waals surface area contributed by atoms with Crippen LogP contribution in [0.2, 0.25) is 0 Å². The van der Waals surface area contributed by atoms with Gasteiger partial charge in [0, 0.05) is 6.04 Å². The monoisotopic (exact) mass is 253 g/mol. The third kappa shape index (κ3) is 3.23. The molecule has 1 atom stereocenters. The van der Waals surface area contributed by atoms with Gasteiger partial charge in [-0.25, -0.2) is 0 Å². The summed E-state index contributed by atoms with van der Waals surface area (Å²) in [5.41, 5.74) is 10.6. The van der Waals surface area contributed by atoms with Crippen molar-refractivity contribution in [2.75, 3.05) is 0 Å². The first-order chi connectivity index (χ1) is 7.70. The third-order valence-electron chi connectivity index (χ3n) is 4.03. The Morgan fingerprint density at radius 2 is 1.59 bits per heavy atom. The number of hydrogen-bond donors (Lipinski definition) is 1. The fourth-order valence-corrected chi connectivity index (χ4v) is 3.08. The summed E-state index contributed by atoms with van der Waals surface area (Å²) in [6.45, 7) is 4.37. The van der Waals surface area contributed by atoms with E-state index in [1.807, 2.05) is 0 Å². The summed E-state index contributed by atoms with van der Waals surface area (Å²) in [6, 6.07) is 6.75. The Balaban J connectivity index is 0.00000144. The first-order valence-corrected chi connectivity index (χ1v) is 6.52. The quantitative estimate of drug-likeness (QED) is 0.835. The van der Waals surface area contributed by atoms with E-state index in [4.69, 9.17) is 5.73 Å². The van der Waals surface area contributed by atoms with Crippen LogP contribution in [-0.4, -0.2) is 0 Å². The summed E-state index contributed by atoms with van der Waals surface area (Å²) in [6.07, 6.45) is 6.76. The van der Waals surface area contributed by atoms with Crippen molar-refractivity contribution in [3.05, 3.63) is 34.9 Å².